The van der Waals surface area contributed by atoms with Crippen LogP contribution in [0.4, 0.5) is 0 Å². The van der Waals surface area contributed by atoms with Crippen LogP contribution in [-0.2, 0) is 4.74 Å². The second-order valence-electron chi connectivity index (χ2n) is 4.88. The van der Waals surface area contributed by atoms with Gasteiger partial charge in [0.2, 0.25) is 0 Å². The van der Waals surface area contributed by atoms with Crippen molar-refractivity contribution in [3.8, 4) is 0 Å². The smallest absolute Gasteiger partial charge is 0.0776 e. The fourth-order valence-electron chi connectivity index (χ4n) is 2.21. The van der Waals surface area contributed by atoms with E-state index in [1.165, 1.54) is 19.3 Å². The largest absolute Gasteiger partial charge is 0.391 e. The normalized spacial score (nSPS) is 24.0. The van der Waals surface area contributed by atoms with E-state index in [1.54, 1.807) is 0 Å². The van der Waals surface area contributed by atoms with Crippen LogP contribution in [0, 0.1) is 5.92 Å². The number of hydrogen-bond donors (Lipinski definition) is 2. The van der Waals surface area contributed by atoms with Crippen LogP contribution < -0.4 is 5.32 Å². The number of hydrogen-bond acceptors (Lipinski definition) is 3. The van der Waals surface area contributed by atoms with Gasteiger partial charge < -0.3 is 15.2 Å². The summed E-state index contributed by atoms with van der Waals surface area (Å²) >= 11 is 0. The lowest BCUT2D eigenvalue weighted by Gasteiger charge is -2.18. The van der Waals surface area contributed by atoms with Crippen LogP contribution in [-0.4, -0.2) is 37.5 Å². The average molecular weight is 229 g/mol. The molecule has 2 atom stereocenters. The molecular formula is C13H27NO2. The minimum absolute atomic E-state index is 0.276. The van der Waals surface area contributed by atoms with E-state index in [0.29, 0.717) is 12.5 Å². The third kappa shape index (κ3) is 6.46. The number of nitrogens with one attached hydrogen (secondary N) is 1. The lowest BCUT2D eigenvalue weighted by Crippen LogP contribution is -2.26. The molecule has 1 heterocycles. The van der Waals surface area contributed by atoms with E-state index < -0.39 is 0 Å². The van der Waals surface area contributed by atoms with Crippen LogP contribution in [0.3, 0.4) is 0 Å². The van der Waals surface area contributed by atoms with Crippen molar-refractivity contribution < 1.29 is 9.84 Å². The predicted octanol–water partition coefficient (Wildman–Crippen LogP) is 1.94. The average Bonchev–Trinajstić information content (AvgIpc) is 2.53. The lowest BCUT2D eigenvalue weighted by atomic mass is 9.97. The van der Waals surface area contributed by atoms with Crippen LogP contribution in [0.5, 0.6) is 0 Å². The van der Waals surface area contributed by atoms with E-state index in [-0.39, 0.29) is 6.10 Å². The minimum atomic E-state index is -0.276. The van der Waals surface area contributed by atoms with Gasteiger partial charge in [-0.05, 0) is 44.7 Å². The second kappa shape index (κ2) is 8.97. The van der Waals surface area contributed by atoms with Crippen molar-refractivity contribution in [3.63, 3.8) is 0 Å². The number of rotatable bonds is 7. The number of ether oxygens (including phenoxy) is 1. The SMILES string of the molecule is CCCCOCC(O)CC1CCCCNC1. The van der Waals surface area contributed by atoms with Gasteiger partial charge in [0.05, 0.1) is 12.7 Å². The summed E-state index contributed by atoms with van der Waals surface area (Å²) < 4.78 is 5.44. The molecule has 96 valence electrons. The Hall–Kier alpha value is -0.120. The topological polar surface area (TPSA) is 41.5 Å². The van der Waals surface area contributed by atoms with Gasteiger partial charge in [0, 0.05) is 6.61 Å². The van der Waals surface area contributed by atoms with Gasteiger partial charge >= 0.3 is 0 Å². The fraction of sp³-hybridized carbons (Fsp3) is 1.00. The summed E-state index contributed by atoms with van der Waals surface area (Å²) in [5.74, 6) is 0.632. The van der Waals surface area contributed by atoms with E-state index in [4.69, 9.17) is 4.74 Å². The Kier molecular flexibility index (Phi) is 7.81. The van der Waals surface area contributed by atoms with Gasteiger partial charge in [-0.1, -0.05) is 19.8 Å². The molecule has 0 aliphatic carbocycles. The van der Waals surface area contributed by atoms with Gasteiger partial charge in [0.25, 0.3) is 0 Å². The first-order valence-electron chi connectivity index (χ1n) is 6.79. The van der Waals surface area contributed by atoms with Gasteiger partial charge in [0.15, 0.2) is 0 Å². The molecule has 2 N–H and O–H groups in total. The van der Waals surface area contributed by atoms with Gasteiger partial charge in [-0.3, -0.25) is 0 Å². The summed E-state index contributed by atoms with van der Waals surface area (Å²) in [4.78, 5) is 0. The summed E-state index contributed by atoms with van der Waals surface area (Å²) in [6.45, 7) is 5.65. The van der Waals surface area contributed by atoms with E-state index in [0.717, 1.165) is 39.0 Å². The Morgan fingerprint density at radius 2 is 2.31 bits per heavy atom. The molecular weight excluding hydrogens is 202 g/mol. The molecule has 0 spiro atoms. The minimum Gasteiger partial charge on any atom is -0.391 e. The van der Waals surface area contributed by atoms with E-state index in [9.17, 15) is 5.11 Å². The summed E-state index contributed by atoms with van der Waals surface area (Å²) in [6.07, 6.45) is 6.68. The van der Waals surface area contributed by atoms with Crippen molar-refractivity contribution >= 4 is 0 Å². The van der Waals surface area contributed by atoms with Gasteiger partial charge in [-0.25, -0.2) is 0 Å². The maximum Gasteiger partial charge on any atom is 0.0776 e. The first-order valence-corrected chi connectivity index (χ1v) is 6.79. The zero-order chi connectivity index (χ0) is 11.6. The first-order chi connectivity index (χ1) is 7.83. The van der Waals surface area contributed by atoms with Crippen LogP contribution in [0.15, 0.2) is 0 Å². The molecule has 1 aliphatic heterocycles. The molecule has 2 unspecified atom stereocenters. The molecule has 0 aromatic heterocycles. The van der Waals surface area contributed by atoms with Crippen LogP contribution in [0.2, 0.25) is 0 Å². The van der Waals surface area contributed by atoms with E-state index in [2.05, 4.69) is 12.2 Å². The second-order valence-corrected chi connectivity index (χ2v) is 4.88. The Balaban J connectivity index is 2.04. The van der Waals surface area contributed by atoms with Gasteiger partial charge in [0.1, 0.15) is 0 Å². The third-order valence-corrected chi connectivity index (χ3v) is 3.21. The van der Waals surface area contributed by atoms with Crippen LogP contribution in [0.1, 0.15) is 45.4 Å². The zero-order valence-electron chi connectivity index (χ0n) is 10.6. The lowest BCUT2D eigenvalue weighted by molar-refractivity contribution is 0.0227. The maximum atomic E-state index is 9.84. The highest BCUT2D eigenvalue weighted by molar-refractivity contribution is 4.70. The molecule has 1 aliphatic rings. The van der Waals surface area contributed by atoms with Crippen molar-refractivity contribution in [2.75, 3.05) is 26.3 Å². The maximum absolute atomic E-state index is 9.84. The molecule has 1 saturated heterocycles. The molecule has 0 saturated carbocycles. The molecule has 0 aromatic rings. The summed E-state index contributed by atoms with van der Waals surface area (Å²) in [7, 11) is 0. The Morgan fingerprint density at radius 1 is 1.44 bits per heavy atom. The first kappa shape index (κ1) is 13.9. The molecule has 3 nitrogen and oxygen atoms in total. The summed E-state index contributed by atoms with van der Waals surface area (Å²) in [5.41, 5.74) is 0. The highest BCUT2D eigenvalue weighted by atomic mass is 16.5. The number of unbranched alkanes of at least 4 members (excludes halogenated alkanes) is 1. The van der Waals surface area contributed by atoms with Crippen molar-refractivity contribution in [2.24, 2.45) is 5.92 Å². The van der Waals surface area contributed by atoms with E-state index in [1.807, 2.05) is 0 Å². The predicted molar refractivity (Wildman–Crippen MR) is 66.6 cm³/mol. The number of aliphatic hydroxyl groups is 1. The molecule has 0 bridgehead atoms. The van der Waals surface area contributed by atoms with Gasteiger partial charge in [-0.2, -0.15) is 0 Å². The quantitative estimate of drug-likeness (QED) is 0.656. The highest BCUT2D eigenvalue weighted by Crippen LogP contribution is 2.16. The van der Waals surface area contributed by atoms with Gasteiger partial charge in [-0.15, -0.1) is 0 Å². The molecule has 0 radical (unpaired) electrons. The molecule has 0 aromatic carbocycles. The van der Waals surface area contributed by atoms with Crippen molar-refractivity contribution in [1.29, 1.82) is 0 Å². The standard InChI is InChI=1S/C13H27NO2/c1-2-3-8-16-11-13(15)9-12-6-4-5-7-14-10-12/h12-15H,2-11H2,1H3. The van der Waals surface area contributed by atoms with Crippen molar-refractivity contribution in [3.05, 3.63) is 0 Å². The molecule has 1 fully saturated rings. The Labute approximate surface area is 99.6 Å². The van der Waals surface area contributed by atoms with Crippen molar-refractivity contribution in [2.45, 2.75) is 51.6 Å². The van der Waals surface area contributed by atoms with Crippen LogP contribution in [0.25, 0.3) is 0 Å². The molecule has 3 heteroatoms. The number of aliphatic hydroxyl groups excluding tert-OH is 1. The van der Waals surface area contributed by atoms with E-state index >= 15 is 0 Å². The summed E-state index contributed by atoms with van der Waals surface area (Å²) in [6, 6.07) is 0. The van der Waals surface area contributed by atoms with Crippen LogP contribution >= 0.6 is 0 Å². The molecule has 16 heavy (non-hydrogen) atoms. The Morgan fingerprint density at radius 3 is 3.12 bits per heavy atom. The summed E-state index contributed by atoms with van der Waals surface area (Å²) in [5, 5.41) is 13.3. The zero-order valence-corrected chi connectivity index (χ0v) is 10.6. The third-order valence-electron chi connectivity index (χ3n) is 3.21. The Bertz CT molecular complexity index is 156. The monoisotopic (exact) mass is 229 g/mol. The highest BCUT2D eigenvalue weighted by Gasteiger charge is 2.16. The van der Waals surface area contributed by atoms with Crippen molar-refractivity contribution in [1.82, 2.24) is 5.32 Å². The molecule has 0 amide bonds. The molecule has 1 rings (SSSR count). The fourth-order valence-corrected chi connectivity index (χ4v) is 2.21.